The zero-order valence-corrected chi connectivity index (χ0v) is 12.9. The van der Waals surface area contributed by atoms with Gasteiger partial charge in [-0.15, -0.1) is 0 Å². The van der Waals surface area contributed by atoms with Gasteiger partial charge in [-0.05, 0) is 44.4 Å². The highest BCUT2D eigenvalue weighted by atomic mass is 16.4. The molecule has 1 aromatic rings. The third-order valence-corrected chi connectivity index (χ3v) is 3.21. The SMILES string of the molecule is CCCCc1ccc(NC(=O)N(CC(=O)O)C(C)C)cc1. The summed E-state index contributed by atoms with van der Waals surface area (Å²) in [5.41, 5.74) is 1.91. The van der Waals surface area contributed by atoms with Gasteiger partial charge in [-0.1, -0.05) is 25.5 Å². The third-order valence-electron chi connectivity index (χ3n) is 3.21. The summed E-state index contributed by atoms with van der Waals surface area (Å²) in [6, 6.07) is 7.10. The van der Waals surface area contributed by atoms with Gasteiger partial charge >= 0.3 is 12.0 Å². The molecule has 5 heteroatoms. The number of hydrogen-bond donors (Lipinski definition) is 2. The highest BCUT2D eigenvalue weighted by Gasteiger charge is 2.19. The molecule has 0 aromatic heterocycles. The van der Waals surface area contributed by atoms with Gasteiger partial charge in [0, 0.05) is 11.7 Å². The van der Waals surface area contributed by atoms with Crippen LogP contribution in [0.4, 0.5) is 10.5 Å². The number of carbonyl (C=O) groups is 2. The lowest BCUT2D eigenvalue weighted by Crippen LogP contribution is -2.43. The number of hydrogen-bond acceptors (Lipinski definition) is 2. The Morgan fingerprint density at radius 2 is 1.86 bits per heavy atom. The highest BCUT2D eigenvalue weighted by molar-refractivity contribution is 5.91. The number of nitrogens with one attached hydrogen (secondary N) is 1. The van der Waals surface area contributed by atoms with Crippen LogP contribution in [0.3, 0.4) is 0 Å². The molecule has 2 N–H and O–H groups in total. The van der Waals surface area contributed by atoms with Gasteiger partial charge in [0.1, 0.15) is 6.54 Å². The van der Waals surface area contributed by atoms with Crippen molar-refractivity contribution in [1.29, 1.82) is 0 Å². The van der Waals surface area contributed by atoms with E-state index in [9.17, 15) is 9.59 Å². The van der Waals surface area contributed by atoms with Crippen LogP contribution in [0.15, 0.2) is 24.3 Å². The van der Waals surface area contributed by atoms with Gasteiger partial charge in [-0.3, -0.25) is 4.79 Å². The fraction of sp³-hybridized carbons (Fsp3) is 0.500. The molecule has 0 spiro atoms. The maximum Gasteiger partial charge on any atom is 0.323 e. The lowest BCUT2D eigenvalue weighted by atomic mass is 10.1. The number of aryl methyl sites for hydroxylation is 1. The minimum Gasteiger partial charge on any atom is -0.480 e. The number of benzene rings is 1. The summed E-state index contributed by atoms with van der Waals surface area (Å²) in [6.07, 6.45) is 3.32. The third kappa shape index (κ3) is 5.85. The number of carboxylic acid groups (broad SMARTS) is 1. The van der Waals surface area contributed by atoms with E-state index in [0.29, 0.717) is 5.69 Å². The van der Waals surface area contributed by atoms with Crippen LogP contribution in [0.5, 0.6) is 0 Å². The average Bonchev–Trinajstić information content (AvgIpc) is 2.43. The molecule has 0 aliphatic rings. The largest absolute Gasteiger partial charge is 0.480 e. The van der Waals surface area contributed by atoms with E-state index in [1.807, 2.05) is 24.3 Å². The van der Waals surface area contributed by atoms with Crippen LogP contribution < -0.4 is 5.32 Å². The Labute approximate surface area is 126 Å². The molecule has 0 bridgehead atoms. The maximum absolute atomic E-state index is 12.1. The van der Waals surface area contributed by atoms with Crippen LogP contribution in [0, 0.1) is 0 Å². The fourth-order valence-corrected chi connectivity index (χ4v) is 1.97. The maximum atomic E-state index is 12.1. The van der Waals surface area contributed by atoms with Crippen LogP contribution in [-0.4, -0.2) is 34.6 Å². The van der Waals surface area contributed by atoms with E-state index in [-0.39, 0.29) is 12.6 Å². The number of nitrogens with zero attached hydrogens (tertiary/aromatic N) is 1. The molecule has 21 heavy (non-hydrogen) atoms. The number of urea groups is 1. The van der Waals surface area contributed by atoms with Crippen molar-refractivity contribution in [3.8, 4) is 0 Å². The monoisotopic (exact) mass is 292 g/mol. The number of aliphatic carboxylic acids is 1. The number of carboxylic acids is 1. The van der Waals surface area contributed by atoms with Gasteiger partial charge < -0.3 is 15.3 Å². The van der Waals surface area contributed by atoms with Gasteiger partial charge in [0.05, 0.1) is 0 Å². The first-order chi connectivity index (χ1) is 9.93. The Hall–Kier alpha value is -2.04. The van der Waals surface area contributed by atoms with E-state index < -0.39 is 12.0 Å². The summed E-state index contributed by atoms with van der Waals surface area (Å²) in [5, 5.41) is 11.6. The molecule has 0 saturated heterocycles. The average molecular weight is 292 g/mol. The second kappa shape index (κ2) is 8.29. The van der Waals surface area contributed by atoms with Gasteiger partial charge in [-0.2, -0.15) is 0 Å². The predicted octanol–water partition coefficient (Wildman–Crippen LogP) is 3.36. The highest BCUT2D eigenvalue weighted by Crippen LogP contribution is 2.13. The van der Waals surface area contributed by atoms with Crippen LogP contribution >= 0.6 is 0 Å². The van der Waals surface area contributed by atoms with Crippen molar-refractivity contribution in [3.63, 3.8) is 0 Å². The molecule has 0 radical (unpaired) electrons. The summed E-state index contributed by atoms with van der Waals surface area (Å²) in [7, 11) is 0. The number of rotatable bonds is 7. The second-order valence-electron chi connectivity index (χ2n) is 5.35. The first kappa shape index (κ1) is 17.0. The zero-order chi connectivity index (χ0) is 15.8. The zero-order valence-electron chi connectivity index (χ0n) is 12.9. The van der Waals surface area contributed by atoms with Crippen molar-refractivity contribution in [2.45, 2.75) is 46.1 Å². The number of amides is 2. The van der Waals surface area contributed by atoms with Crippen molar-refractivity contribution in [2.75, 3.05) is 11.9 Å². The van der Waals surface area contributed by atoms with E-state index in [4.69, 9.17) is 5.11 Å². The Morgan fingerprint density at radius 3 is 2.33 bits per heavy atom. The molecule has 0 heterocycles. The van der Waals surface area contributed by atoms with Crippen LogP contribution in [0.1, 0.15) is 39.2 Å². The summed E-state index contributed by atoms with van der Waals surface area (Å²) in [4.78, 5) is 24.2. The first-order valence-electron chi connectivity index (χ1n) is 7.32. The summed E-state index contributed by atoms with van der Waals surface area (Å²) in [6.45, 7) is 5.42. The standard InChI is InChI=1S/C16H24N2O3/c1-4-5-6-13-7-9-14(10-8-13)17-16(21)18(12(2)3)11-15(19)20/h7-10,12H,4-6,11H2,1-3H3,(H,17,21)(H,19,20). The van der Waals surface area contributed by atoms with Crippen molar-refractivity contribution in [2.24, 2.45) is 0 Å². The molecular formula is C16H24N2O3. The normalized spacial score (nSPS) is 10.5. The molecule has 0 fully saturated rings. The molecule has 0 aliphatic heterocycles. The van der Waals surface area contributed by atoms with E-state index in [1.54, 1.807) is 13.8 Å². The van der Waals surface area contributed by atoms with E-state index in [0.717, 1.165) is 19.3 Å². The molecule has 0 saturated carbocycles. The minimum absolute atomic E-state index is 0.176. The molecule has 1 aromatic carbocycles. The predicted molar refractivity (Wildman–Crippen MR) is 83.6 cm³/mol. The Kier molecular flexibility index (Phi) is 6.72. The van der Waals surface area contributed by atoms with Crippen LogP contribution in [-0.2, 0) is 11.2 Å². The van der Waals surface area contributed by atoms with Crippen molar-refractivity contribution < 1.29 is 14.7 Å². The Morgan fingerprint density at radius 1 is 1.24 bits per heavy atom. The molecule has 2 amide bonds. The first-order valence-corrected chi connectivity index (χ1v) is 7.32. The number of anilines is 1. The molecular weight excluding hydrogens is 268 g/mol. The molecule has 0 atom stereocenters. The van der Waals surface area contributed by atoms with Gasteiger partial charge in [-0.25, -0.2) is 4.79 Å². The molecule has 1 rings (SSSR count). The smallest absolute Gasteiger partial charge is 0.323 e. The lowest BCUT2D eigenvalue weighted by molar-refractivity contribution is -0.137. The molecule has 0 unspecified atom stereocenters. The molecule has 5 nitrogen and oxygen atoms in total. The van der Waals surface area contributed by atoms with Gasteiger partial charge in [0.2, 0.25) is 0 Å². The summed E-state index contributed by atoms with van der Waals surface area (Å²) in [5.74, 6) is -1.02. The lowest BCUT2D eigenvalue weighted by Gasteiger charge is -2.25. The Bertz CT molecular complexity index is 469. The van der Waals surface area contributed by atoms with Gasteiger partial charge in [0.15, 0.2) is 0 Å². The van der Waals surface area contributed by atoms with Crippen molar-refractivity contribution >= 4 is 17.7 Å². The minimum atomic E-state index is -1.02. The van der Waals surface area contributed by atoms with Crippen molar-refractivity contribution in [1.82, 2.24) is 4.90 Å². The fourth-order valence-electron chi connectivity index (χ4n) is 1.97. The summed E-state index contributed by atoms with van der Waals surface area (Å²) < 4.78 is 0. The number of unbranched alkanes of at least 4 members (excludes halogenated alkanes) is 1. The summed E-state index contributed by atoms with van der Waals surface area (Å²) >= 11 is 0. The topological polar surface area (TPSA) is 69.6 Å². The quantitative estimate of drug-likeness (QED) is 0.809. The van der Waals surface area contributed by atoms with E-state index >= 15 is 0 Å². The molecule has 116 valence electrons. The van der Waals surface area contributed by atoms with Crippen LogP contribution in [0.25, 0.3) is 0 Å². The number of carbonyl (C=O) groups excluding carboxylic acids is 1. The second-order valence-corrected chi connectivity index (χ2v) is 5.35. The van der Waals surface area contributed by atoms with Crippen LogP contribution in [0.2, 0.25) is 0 Å². The van der Waals surface area contributed by atoms with Gasteiger partial charge in [0.25, 0.3) is 0 Å². The Balaban J connectivity index is 2.66. The van der Waals surface area contributed by atoms with E-state index in [2.05, 4.69) is 12.2 Å². The van der Waals surface area contributed by atoms with E-state index in [1.165, 1.54) is 10.5 Å². The molecule has 0 aliphatic carbocycles. The van der Waals surface area contributed by atoms with Crippen molar-refractivity contribution in [3.05, 3.63) is 29.8 Å².